The van der Waals surface area contributed by atoms with E-state index < -0.39 is 0 Å². The summed E-state index contributed by atoms with van der Waals surface area (Å²) in [6, 6.07) is 66.4. The van der Waals surface area contributed by atoms with Crippen molar-refractivity contribution in [2.24, 2.45) is 0 Å². The van der Waals surface area contributed by atoms with E-state index in [1.54, 1.807) is 0 Å². The van der Waals surface area contributed by atoms with E-state index in [0.29, 0.717) is 0 Å². The molecule has 0 spiro atoms. The molecule has 0 aliphatic carbocycles. The van der Waals surface area contributed by atoms with Crippen molar-refractivity contribution in [1.82, 2.24) is 4.57 Å². The Morgan fingerprint density at radius 3 is 1.70 bits per heavy atom. The molecular weight excluding hydrogens is 886 g/mol. The van der Waals surface area contributed by atoms with E-state index in [2.05, 4.69) is 260 Å². The van der Waals surface area contributed by atoms with Gasteiger partial charge >= 0.3 is 0 Å². The summed E-state index contributed by atoms with van der Waals surface area (Å²) < 4.78 is 9.07. The SMILES string of the molecule is Cc1cc(C(C)(C)C)cc(C)c1N1c2cc3c4ccccc4n(-c4ccccc4)c3cc2B2c3ccc(C(C)(C)C)cc3N(c3ccc(-c4cccc5c4oc4ccccc45)cc3)c3cc(C(C)(C)C)cc1c32. The molecule has 13 rings (SSSR count). The fraction of sp³-hybridized carbons (Fsp3) is 0.206. The zero-order valence-electron chi connectivity index (χ0n) is 44.1. The van der Waals surface area contributed by atoms with E-state index in [9.17, 15) is 0 Å². The monoisotopic (exact) mass is 947 g/mol. The fourth-order valence-electron chi connectivity index (χ4n) is 12.2. The molecule has 2 aliphatic heterocycles. The van der Waals surface area contributed by atoms with E-state index >= 15 is 0 Å². The number of hydrogen-bond donors (Lipinski definition) is 0. The largest absolute Gasteiger partial charge is 0.455 e. The van der Waals surface area contributed by atoms with Gasteiger partial charge in [0, 0.05) is 61.2 Å². The van der Waals surface area contributed by atoms with Crippen LogP contribution in [0.15, 0.2) is 180 Å². The first-order valence-electron chi connectivity index (χ1n) is 26.1. The van der Waals surface area contributed by atoms with Crippen molar-refractivity contribution in [3.8, 4) is 16.8 Å². The summed E-state index contributed by atoms with van der Waals surface area (Å²) in [6.07, 6.45) is 0. The smallest absolute Gasteiger partial charge is 0.252 e. The molecule has 358 valence electrons. The minimum Gasteiger partial charge on any atom is -0.455 e. The number of aryl methyl sites for hydroxylation is 2. The van der Waals surface area contributed by atoms with Gasteiger partial charge in [0.25, 0.3) is 6.71 Å². The lowest BCUT2D eigenvalue weighted by Crippen LogP contribution is -2.61. The van der Waals surface area contributed by atoms with Crippen LogP contribution in [0.3, 0.4) is 0 Å². The van der Waals surface area contributed by atoms with Gasteiger partial charge in [0.05, 0.1) is 16.7 Å². The number of furan rings is 1. The quantitative estimate of drug-likeness (QED) is 0.164. The normalized spacial score (nSPS) is 13.6. The van der Waals surface area contributed by atoms with Gasteiger partial charge in [-0.15, -0.1) is 0 Å². The van der Waals surface area contributed by atoms with Crippen LogP contribution in [0.25, 0.3) is 60.6 Å². The molecule has 73 heavy (non-hydrogen) atoms. The number of aromatic nitrogens is 1. The molecule has 5 heteroatoms. The molecule has 0 bridgehead atoms. The first-order valence-corrected chi connectivity index (χ1v) is 26.1. The molecule has 0 fully saturated rings. The number of nitrogens with zero attached hydrogens (tertiary/aromatic N) is 3. The highest BCUT2D eigenvalue weighted by atomic mass is 16.3. The summed E-state index contributed by atoms with van der Waals surface area (Å²) in [7, 11) is 0. The topological polar surface area (TPSA) is 24.6 Å². The Balaban J connectivity index is 1.13. The molecule has 11 aromatic rings. The highest BCUT2D eigenvalue weighted by Crippen LogP contribution is 2.50. The predicted octanol–water partition coefficient (Wildman–Crippen LogP) is 16.9. The maximum atomic E-state index is 6.59. The van der Waals surface area contributed by atoms with Crippen molar-refractivity contribution in [3.05, 3.63) is 204 Å². The van der Waals surface area contributed by atoms with Crippen LogP contribution in [-0.2, 0) is 16.2 Å². The maximum Gasteiger partial charge on any atom is 0.252 e. The van der Waals surface area contributed by atoms with Crippen molar-refractivity contribution < 1.29 is 4.42 Å². The molecule has 0 saturated carbocycles. The summed E-state index contributed by atoms with van der Waals surface area (Å²) in [4.78, 5) is 5.25. The van der Waals surface area contributed by atoms with E-state index in [-0.39, 0.29) is 23.0 Å². The van der Waals surface area contributed by atoms with Gasteiger partial charge in [0.15, 0.2) is 0 Å². The summed E-state index contributed by atoms with van der Waals surface area (Å²) in [5.41, 5.74) is 25.1. The molecule has 0 amide bonds. The first kappa shape index (κ1) is 45.1. The van der Waals surface area contributed by atoms with Crippen LogP contribution < -0.4 is 26.2 Å². The Kier molecular flexibility index (Phi) is 9.81. The van der Waals surface area contributed by atoms with Crippen molar-refractivity contribution in [2.45, 2.75) is 92.4 Å². The Morgan fingerprint density at radius 2 is 1.00 bits per heavy atom. The molecule has 0 N–H and O–H groups in total. The molecule has 0 unspecified atom stereocenters. The number of anilines is 6. The fourth-order valence-corrected chi connectivity index (χ4v) is 12.2. The standard InChI is InChI=1S/C68H62BN3O/c1-41-34-45(67(6,7)8)35-42(2)64(41)72-59-39-53-50-22-15-17-26-56(50)70(47-20-13-12-14-21-47)57(53)40-55(59)69-54-33-30-44(66(3,4)5)36-58(54)71(60-37-46(68(9,10)11)38-61(72)63(60)69)48-31-28-43(29-32-48)49-24-19-25-52-51-23-16-18-27-62(51)73-65(49)52/h12-40H,1-11H3. The van der Waals surface area contributed by atoms with Crippen LogP contribution in [0.2, 0.25) is 0 Å². The van der Waals surface area contributed by atoms with Crippen LogP contribution in [-0.4, -0.2) is 11.3 Å². The highest BCUT2D eigenvalue weighted by Gasteiger charge is 2.45. The predicted molar refractivity (Wildman–Crippen MR) is 313 cm³/mol. The second-order valence-corrected chi connectivity index (χ2v) is 24.0. The van der Waals surface area contributed by atoms with Crippen molar-refractivity contribution in [1.29, 1.82) is 0 Å². The first-order chi connectivity index (χ1) is 34.9. The van der Waals surface area contributed by atoms with Gasteiger partial charge < -0.3 is 18.8 Å². The highest BCUT2D eigenvalue weighted by molar-refractivity contribution is 7.00. The molecule has 9 aromatic carbocycles. The van der Waals surface area contributed by atoms with Gasteiger partial charge in [-0.1, -0.05) is 172 Å². The number of benzene rings is 9. The van der Waals surface area contributed by atoms with Crippen LogP contribution >= 0.6 is 0 Å². The van der Waals surface area contributed by atoms with Gasteiger partial charge in [-0.2, -0.15) is 0 Å². The Labute approximate surface area is 430 Å². The summed E-state index contributed by atoms with van der Waals surface area (Å²) >= 11 is 0. The molecule has 4 heterocycles. The second kappa shape index (κ2) is 15.9. The minimum absolute atomic E-state index is 0.0000567. The third-order valence-corrected chi connectivity index (χ3v) is 16.0. The van der Waals surface area contributed by atoms with Crippen molar-refractivity contribution in [3.63, 3.8) is 0 Å². The molecular formula is C68H62BN3O. The van der Waals surface area contributed by atoms with Crippen LogP contribution in [0, 0.1) is 13.8 Å². The third kappa shape index (κ3) is 6.95. The Hall–Kier alpha value is -7.76. The van der Waals surface area contributed by atoms with Crippen LogP contribution in [0.4, 0.5) is 34.1 Å². The van der Waals surface area contributed by atoms with Gasteiger partial charge in [-0.25, -0.2) is 0 Å². The number of para-hydroxylation sites is 4. The van der Waals surface area contributed by atoms with Crippen LogP contribution in [0.1, 0.15) is 90.1 Å². The van der Waals surface area contributed by atoms with Gasteiger partial charge in [-0.3, -0.25) is 0 Å². The summed E-state index contributed by atoms with van der Waals surface area (Å²) in [5, 5.41) is 4.78. The lowest BCUT2D eigenvalue weighted by atomic mass is 9.33. The number of fused-ring (bicyclic) bond motifs is 10. The Morgan fingerprint density at radius 1 is 0.411 bits per heavy atom. The zero-order chi connectivity index (χ0) is 50.5. The molecule has 4 nitrogen and oxygen atoms in total. The molecule has 0 atom stereocenters. The van der Waals surface area contributed by atoms with Crippen molar-refractivity contribution >= 4 is 101 Å². The average Bonchev–Trinajstić information content (AvgIpc) is 3.92. The van der Waals surface area contributed by atoms with Gasteiger partial charge in [-0.05, 0) is 147 Å². The number of hydrogen-bond acceptors (Lipinski definition) is 3. The molecule has 0 saturated heterocycles. The zero-order valence-corrected chi connectivity index (χ0v) is 44.1. The molecule has 0 radical (unpaired) electrons. The van der Waals surface area contributed by atoms with Crippen molar-refractivity contribution in [2.75, 3.05) is 9.80 Å². The van der Waals surface area contributed by atoms with E-state index in [0.717, 1.165) is 44.4 Å². The molecule has 2 aliphatic rings. The summed E-state index contributed by atoms with van der Waals surface area (Å²) in [6.45, 7) is 25.7. The number of rotatable bonds is 4. The van der Waals surface area contributed by atoms with E-state index in [4.69, 9.17) is 4.42 Å². The second-order valence-electron chi connectivity index (χ2n) is 24.0. The lowest BCUT2D eigenvalue weighted by molar-refractivity contribution is 0.589. The lowest BCUT2D eigenvalue weighted by Gasteiger charge is -2.46. The van der Waals surface area contributed by atoms with E-state index in [1.165, 1.54) is 94.4 Å². The summed E-state index contributed by atoms with van der Waals surface area (Å²) in [5.74, 6) is 0. The average molecular weight is 948 g/mol. The maximum absolute atomic E-state index is 6.59. The minimum atomic E-state index is -0.158. The van der Waals surface area contributed by atoms with Crippen LogP contribution in [0.5, 0.6) is 0 Å². The third-order valence-electron chi connectivity index (χ3n) is 16.0. The van der Waals surface area contributed by atoms with E-state index in [1.807, 2.05) is 6.07 Å². The van der Waals surface area contributed by atoms with Gasteiger partial charge in [0.2, 0.25) is 0 Å². The Bertz CT molecular complexity index is 4040. The molecule has 2 aromatic heterocycles. The van der Waals surface area contributed by atoms with Gasteiger partial charge in [0.1, 0.15) is 11.2 Å².